The van der Waals surface area contributed by atoms with Crippen molar-refractivity contribution in [1.29, 1.82) is 0 Å². The van der Waals surface area contributed by atoms with E-state index in [9.17, 15) is 4.39 Å². The second-order valence-corrected chi connectivity index (χ2v) is 6.30. The lowest BCUT2D eigenvalue weighted by Crippen LogP contribution is -2.02. The zero-order valence-corrected chi connectivity index (χ0v) is 14.9. The molecule has 2 aromatic carbocycles. The monoisotopic (exact) mass is 386 g/mol. The first kappa shape index (κ1) is 16.4. The highest BCUT2D eigenvalue weighted by atomic mass is 79.9. The molecule has 1 aromatic heterocycles. The van der Waals surface area contributed by atoms with Crippen LogP contribution in [0.1, 0.15) is 11.3 Å². The van der Waals surface area contributed by atoms with E-state index in [4.69, 9.17) is 0 Å². The van der Waals surface area contributed by atoms with E-state index in [1.807, 2.05) is 32.0 Å². The van der Waals surface area contributed by atoms with Crippen LogP contribution in [0.4, 0.5) is 27.5 Å². The predicted molar refractivity (Wildman–Crippen MR) is 98.6 cm³/mol. The van der Waals surface area contributed by atoms with Gasteiger partial charge in [0.05, 0.1) is 0 Å². The molecule has 3 aromatic rings. The normalized spacial score (nSPS) is 10.5. The molecule has 24 heavy (non-hydrogen) atoms. The van der Waals surface area contributed by atoms with Crippen LogP contribution >= 0.6 is 15.9 Å². The van der Waals surface area contributed by atoms with Gasteiger partial charge in [0, 0.05) is 27.6 Å². The first-order valence-electron chi connectivity index (χ1n) is 7.41. The Morgan fingerprint density at radius 2 is 1.71 bits per heavy atom. The van der Waals surface area contributed by atoms with Crippen molar-refractivity contribution in [3.05, 3.63) is 70.1 Å². The van der Waals surface area contributed by atoms with Gasteiger partial charge in [-0.1, -0.05) is 28.1 Å². The lowest BCUT2D eigenvalue weighted by molar-refractivity contribution is 0.628. The van der Waals surface area contributed by atoms with Gasteiger partial charge in [0.25, 0.3) is 0 Å². The van der Waals surface area contributed by atoms with Gasteiger partial charge in [-0.3, -0.25) is 0 Å². The summed E-state index contributed by atoms with van der Waals surface area (Å²) < 4.78 is 14.3. The van der Waals surface area contributed by atoms with E-state index in [-0.39, 0.29) is 5.82 Å². The van der Waals surface area contributed by atoms with Gasteiger partial charge in [-0.2, -0.15) is 4.98 Å². The Balaban J connectivity index is 1.84. The van der Waals surface area contributed by atoms with Crippen molar-refractivity contribution in [2.45, 2.75) is 13.8 Å². The van der Waals surface area contributed by atoms with Crippen molar-refractivity contribution in [3.8, 4) is 0 Å². The number of nitrogens with one attached hydrogen (secondary N) is 2. The third kappa shape index (κ3) is 4.08. The van der Waals surface area contributed by atoms with Gasteiger partial charge in [-0.15, -0.1) is 0 Å². The zero-order chi connectivity index (χ0) is 17.1. The summed E-state index contributed by atoms with van der Waals surface area (Å²) in [6.07, 6.45) is 0. The minimum Gasteiger partial charge on any atom is -0.340 e. The van der Waals surface area contributed by atoms with Crippen LogP contribution in [0.25, 0.3) is 0 Å². The maximum atomic E-state index is 13.3. The van der Waals surface area contributed by atoms with Crippen molar-refractivity contribution < 1.29 is 4.39 Å². The number of hydrogen-bond donors (Lipinski definition) is 2. The highest BCUT2D eigenvalue weighted by molar-refractivity contribution is 9.10. The SMILES string of the molecule is Cc1cc(Nc2cccc(F)c2)nc(Nc2ccc(C)c(Br)c2)n1. The number of nitrogens with zero attached hydrogens (tertiary/aromatic N) is 2. The summed E-state index contributed by atoms with van der Waals surface area (Å²) >= 11 is 3.51. The Bertz CT molecular complexity index is 883. The largest absolute Gasteiger partial charge is 0.340 e. The molecule has 0 atom stereocenters. The average Bonchev–Trinajstić information content (AvgIpc) is 2.50. The zero-order valence-electron chi connectivity index (χ0n) is 13.3. The van der Waals surface area contributed by atoms with Crippen molar-refractivity contribution >= 4 is 39.1 Å². The Labute approximate surface area is 148 Å². The summed E-state index contributed by atoms with van der Waals surface area (Å²) in [6, 6.07) is 14.0. The van der Waals surface area contributed by atoms with Gasteiger partial charge in [0.2, 0.25) is 5.95 Å². The Hall–Kier alpha value is -2.47. The Morgan fingerprint density at radius 3 is 2.46 bits per heavy atom. The maximum Gasteiger partial charge on any atom is 0.229 e. The Morgan fingerprint density at radius 1 is 0.917 bits per heavy atom. The van der Waals surface area contributed by atoms with E-state index in [1.54, 1.807) is 18.2 Å². The second kappa shape index (κ2) is 6.97. The summed E-state index contributed by atoms with van der Waals surface area (Å²) in [5.41, 5.74) is 3.48. The van der Waals surface area contributed by atoms with Crippen LogP contribution < -0.4 is 10.6 Å². The van der Waals surface area contributed by atoms with E-state index in [0.717, 1.165) is 21.4 Å². The molecule has 0 aliphatic rings. The fourth-order valence-electron chi connectivity index (χ4n) is 2.20. The quantitative estimate of drug-likeness (QED) is 0.622. The number of rotatable bonds is 4. The first-order chi connectivity index (χ1) is 11.5. The fraction of sp³-hybridized carbons (Fsp3) is 0.111. The molecule has 0 aliphatic carbocycles. The average molecular weight is 387 g/mol. The number of anilines is 4. The highest BCUT2D eigenvalue weighted by Crippen LogP contribution is 2.24. The van der Waals surface area contributed by atoms with Crippen molar-refractivity contribution in [1.82, 2.24) is 9.97 Å². The van der Waals surface area contributed by atoms with E-state index in [0.29, 0.717) is 17.5 Å². The molecule has 4 nitrogen and oxygen atoms in total. The molecule has 0 bridgehead atoms. The summed E-state index contributed by atoms with van der Waals surface area (Å²) in [5.74, 6) is 0.778. The van der Waals surface area contributed by atoms with E-state index in [1.165, 1.54) is 12.1 Å². The third-order valence-electron chi connectivity index (χ3n) is 3.38. The van der Waals surface area contributed by atoms with Gasteiger partial charge in [-0.25, -0.2) is 9.37 Å². The number of benzene rings is 2. The fourth-order valence-corrected chi connectivity index (χ4v) is 2.58. The standard InChI is InChI=1S/C18H16BrFN4/c1-11-6-7-15(10-16(11)19)23-18-21-12(2)8-17(24-18)22-14-5-3-4-13(20)9-14/h3-10H,1-2H3,(H2,21,22,23,24). The van der Waals surface area contributed by atoms with Crippen LogP contribution in [0.2, 0.25) is 0 Å². The van der Waals surface area contributed by atoms with Crippen LogP contribution in [-0.4, -0.2) is 9.97 Å². The third-order valence-corrected chi connectivity index (χ3v) is 4.23. The number of hydrogen-bond acceptors (Lipinski definition) is 4. The summed E-state index contributed by atoms with van der Waals surface area (Å²) in [5, 5.41) is 6.28. The lowest BCUT2D eigenvalue weighted by Gasteiger charge is -2.11. The van der Waals surface area contributed by atoms with E-state index >= 15 is 0 Å². The predicted octanol–water partition coefficient (Wildman–Crippen LogP) is 5.48. The lowest BCUT2D eigenvalue weighted by atomic mass is 10.2. The molecule has 2 N–H and O–H groups in total. The van der Waals surface area contributed by atoms with Crippen molar-refractivity contribution in [2.24, 2.45) is 0 Å². The number of aromatic nitrogens is 2. The topological polar surface area (TPSA) is 49.8 Å². The molecule has 0 spiro atoms. The second-order valence-electron chi connectivity index (χ2n) is 5.44. The summed E-state index contributed by atoms with van der Waals surface area (Å²) in [4.78, 5) is 8.82. The van der Waals surface area contributed by atoms with Crippen LogP contribution in [0.5, 0.6) is 0 Å². The van der Waals surface area contributed by atoms with E-state index in [2.05, 4.69) is 36.5 Å². The van der Waals surface area contributed by atoms with Crippen LogP contribution in [0.3, 0.4) is 0 Å². The molecule has 0 amide bonds. The highest BCUT2D eigenvalue weighted by Gasteiger charge is 2.05. The summed E-state index contributed by atoms with van der Waals surface area (Å²) in [7, 11) is 0. The molecule has 0 saturated heterocycles. The molecule has 6 heteroatoms. The smallest absolute Gasteiger partial charge is 0.229 e. The van der Waals surface area contributed by atoms with Crippen LogP contribution in [0.15, 0.2) is 53.0 Å². The maximum absolute atomic E-state index is 13.3. The molecule has 3 rings (SSSR count). The van der Waals surface area contributed by atoms with Crippen LogP contribution in [0, 0.1) is 19.7 Å². The minimum absolute atomic E-state index is 0.298. The van der Waals surface area contributed by atoms with Gasteiger partial charge in [0.15, 0.2) is 0 Å². The molecule has 1 heterocycles. The molecular formula is C18H16BrFN4. The molecular weight excluding hydrogens is 371 g/mol. The molecule has 0 radical (unpaired) electrons. The molecule has 0 unspecified atom stereocenters. The Kier molecular flexibility index (Phi) is 4.76. The minimum atomic E-state index is -0.298. The molecule has 0 aliphatic heterocycles. The molecule has 0 saturated carbocycles. The summed E-state index contributed by atoms with van der Waals surface area (Å²) in [6.45, 7) is 3.91. The van der Waals surface area contributed by atoms with Crippen molar-refractivity contribution in [2.75, 3.05) is 10.6 Å². The van der Waals surface area contributed by atoms with E-state index < -0.39 is 0 Å². The molecule has 0 fully saturated rings. The number of halogens is 2. The number of aryl methyl sites for hydroxylation is 2. The van der Waals surface area contributed by atoms with Gasteiger partial charge < -0.3 is 10.6 Å². The first-order valence-corrected chi connectivity index (χ1v) is 8.20. The van der Waals surface area contributed by atoms with Crippen molar-refractivity contribution in [3.63, 3.8) is 0 Å². The van der Waals surface area contributed by atoms with Gasteiger partial charge in [0.1, 0.15) is 11.6 Å². The van der Waals surface area contributed by atoms with Gasteiger partial charge in [-0.05, 0) is 49.7 Å². The van der Waals surface area contributed by atoms with Crippen LogP contribution in [-0.2, 0) is 0 Å². The van der Waals surface area contributed by atoms with Gasteiger partial charge >= 0.3 is 0 Å². The molecule has 122 valence electrons.